The molecule has 0 unspecified atom stereocenters. The summed E-state index contributed by atoms with van der Waals surface area (Å²) < 4.78 is 27.9. The van der Waals surface area contributed by atoms with E-state index in [1.54, 1.807) is 6.07 Å². The first-order chi connectivity index (χ1) is 10.1. The lowest BCUT2D eigenvalue weighted by atomic mass is 10.2. The molecule has 0 spiro atoms. The highest BCUT2D eigenvalue weighted by atomic mass is 19.1. The van der Waals surface area contributed by atoms with E-state index in [0.717, 1.165) is 0 Å². The molecule has 2 heterocycles. The molecule has 21 heavy (non-hydrogen) atoms. The molecule has 0 aliphatic carbocycles. The molecule has 1 aromatic carbocycles. The Morgan fingerprint density at radius 2 is 1.95 bits per heavy atom. The van der Waals surface area contributed by atoms with Crippen LogP contribution in [0.15, 0.2) is 40.8 Å². The maximum Gasteiger partial charge on any atom is 0.375 e. The number of carbonyl (C=O) groups excluding carboxylic acids is 2. The molecule has 1 aliphatic heterocycles. The summed E-state index contributed by atoms with van der Waals surface area (Å²) in [6.07, 6.45) is -0.535. The van der Waals surface area contributed by atoms with E-state index < -0.39 is 18.0 Å². The molecular weight excluding hydrogens is 279 g/mol. The Balaban J connectivity index is 1.73. The number of esters is 2. The topological polar surface area (TPSA) is 65.7 Å². The average Bonchev–Trinajstić information content (AvgIpc) is 3.10. The zero-order valence-electron chi connectivity index (χ0n) is 10.9. The number of hydrogen-bond donors (Lipinski definition) is 0. The van der Waals surface area contributed by atoms with Gasteiger partial charge in [0.25, 0.3) is 0 Å². The average molecular weight is 290 g/mol. The van der Waals surface area contributed by atoms with E-state index in [9.17, 15) is 14.0 Å². The van der Waals surface area contributed by atoms with E-state index in [0.29, 0.717) is 17.7 Å². The number of rotatable bonds is 3. The summed E-state index contributed by atoms with van der Waals surface area (Å²) in [4.78, 5) is 23.1. The van der Waals surface area contributed by atoms with E-state index >= 15 is 0 Å². The molecule has 6 heteroatoms. The molecule has 1 atom stereocenters. The Morgan fingerprint density at radius 3 is 2.62 bits per heavy atom. The first-order valence-corrected chi connectivity index (χ1v) is 6.37. The molecule has 0 saturated carbocycles. The minimum atomic E-state index is -0.878. The number of halogens is 1. The van der Waals surface area contributed by atoms with Crippen LogP contribution >= 0.6 is 0 Å². The molecule has 1 aromatic heterocycles. The first-order valence-electron chi connectivity index (χ1n) is 6.37. The van der Waals surface area contributed by atoms with Crippen LogP contribution < -0.4 is 0 Å². The van der Waals surface area contributed by atoms with Crippen LogP contribution in [0.2, 0.25) is 0 Å². The second-order valence-corrected chi connectivity index (χ2v) is 4.52. The van der Waals surface area contributed by atoms with Gasteiger partial charge in [-0.1, -0.05) is 0 Å². The highest BCUT2D eigenvalue weighted by Crippen LogP contribution is 2.23. The number of ether oxygens (including phenoxy) is 2. The Morgan fingerprint density at radius 1 is 1.19 bits per heavy atom. The minimum absolute atomic E-state index is 0.0194. The predicted molar refractivity (Wildman–Crippen MR) is 68.9 cm³/mol. The molecule has 0 radical (unpaired) electrons. The fraction of sp³-hybridized carbons (Fsp3) is 0.200. The van der Waals surface area contributed by atoms with Gasteiger partial charge in [-0.15, -0.1) is 0 Å². The van der Waals surface area contributed by atoms with E-state index in [1.807, 2.05) is 0 Å². The van der Waals surface area contributed by atoms with Gasteiger partial charge < -0.3 is 13.9 Å². The van der Waals surface area contributed by atoms with Crippen LogP contribution in [0.25, 0.3) is 11.3 Å². The Kier molecular flexibility index (Phi) is 3.43. The summed E-state index contributed by atoms with van der Waals surface area (Å²) in [5, 5.41) is 0. The summed E-state index contributed by atoms with van der Waals surface area (Å²) in [6, 6.07) is 8.70. The summed E-state index contributed by atoms with van der Waals surface area (Å²) in [6.45, 7) is 0.246. The van der Waals surface area contributed by atoms with E-state index in [2.05, 4.69) is 0 Å². The highest BCUT2D eigenvalue weighted by Gasteiger charge is 2.31. The molecule has 5 nitrogen and oxygen atoms in total. The SMILES string of the molecule is O=C(O[C@@H]1CCOC1=O)c1ccc(-c2ccc(F)cc2)o1. The minimum Gasteiger partial charge on any atom is -0.463 e. The molecule has 0 bridgehead atoms. The Bertz CT molecular complexity index is 674. The van der Waals surface area contributed by atoms with Crippen molar-refractivity contribution >= 4 is 11.9 Å². The molecule has 0 amide bonds. The largest absolute Gasteiger partial charge is 0.463 e. The molecule has 0 N–H and O–H groups in total. The van der Waals surface area contributed by atoms with Crippen molar-refractivity contribution < 1.29 is 27.9 Å². The van der Waals surface area contributed by atoms with Gasteiger partial charge in [0.2, 0.25) is 11.9 Å². The van der Waals surface area contributed by atoms with E-state index in [1.165, 1.54) is 30.3 Å². The van der Waals surface area contributed by atoms with Gasteiger partial charge in [0.15, 0.2) is 0 Å². The molecule has 1 saturated heterocycles. The maximum atomic E-state index is 12.9. The van der Waals surface area contributed by atoms with Gasteiger partial charge in [-0.3, -0.25) is 0 Å². The second-order valence-electron chi connectivity index (χ2n) is 4.52. The van der Waals surface area contributed by atoms with Gasteiger partial charge in [-0.25, -0.2) is 14.0 Å². The summed E-state index contributed by atoms with van der Waals surface area (Å²) >= 11 is 0. The van der Waals surface area contributed by atoms with E-state index in [-0.39, 0.29) is 18.2 Å². The zero-order valence-corrected chi connectivity index (χ0v) is 10.9. The van der Waals surface area contributed by atoms with Gasteiger partial charge in [0.1, 0.15) is 11.6 Å². The van der Waals surface area contributed by atoms with Crippen molar-refractivity contribution in [3.63, 3.8) is 0 Å². The molecule has 1 aliphatic rings. The van der Waals surface area contributed by atoms with Crippen molar-refractivity contribution in [2.45, 2.75) is 12.5 Å². The summed E-state index contributed by atoms with van der Waals surface area (Å²) in [5.74, 6) is -1.24. The number of benzene rings is 1. The van der Waals surface area contributed by atoms with Gasteiger partial charge in [0, 0.05) is 12.0 Å². The van der Waals surface area contributed by atoms with Crippen LogP contribution in [0.4, 0.5) is 4.39 Å². The lowest BCUT2D eigenvalue weighted by Gasteiger charge is -2.06. The fourth-order valence-electron chi connectivity index (χ4n) is 1.99. The quantitative estimate of drug-likeness (QED) is 0.813. The molecule has 1 fully saturated rings. The van der Waals surface area contributed by atoms with Crippen molar-refractivity contribution in [1.82, 2.24) is 0 Å². The number of hydrogen-bond acceptors (Lipinski definition) is 5. The lowest BCUT2D eigenvalue weighted by molar-refractivity contribution is -0.145. The third-order valence-corrected chi connectivity index (χ3v) is 3.07. The van der Waals surface area contributed by atoms with Crippen molar-refractivity contribution in [3.05, 3.63) is 48.0 Å². The number of carbonyl (C=O) groups is 2. The molecule has 3 rings (SSSR count). The number of cyclic esters (lactones) is 1. The molecule has 2 aromatic rings. The van der Waals surface area contributed by atoms with Crippen LogP contribution in [-0.4, -0.2) is 24.6 Å². The predicted octanol–water partition coefficient (Wildman–Crippen LogP) is 2.56. The van der Waals surface area contributed by atoms with Crippen LogP contribution in [-0.2, 0) is 14.3 Å². The van der Waals surface area contributed by atoms with Crippen LogP contribution in [0.5, 0.6) is 0 Å². The molecular formula is C15H11FO5. The van der Waals surface area contributed by atoms with Gasteiger partial charge >= 0.3 is 11.9 Å². The number of furan rings is 1. The third kappa shape index (κ3) is 2.79. The van der Waals surface area contributed by atoms with E-state index in [4.69, 9.17) is 13.9 Å². The molecule has 108 valence electrons. The van der Waals surface area contributed by atoms with Crippen LogP contribution in [0.3, 0.4) is 0 Å². The highest BCUT2D eigenvalue weighted by molar-refractivity contribution is 5.89. The maximum absolute atomic E-state index is 12.9. The zero-order chi connectivity index (χ0) is 14.8. The first kappa shape index (κ1) is 13.4. The van der Waals surface area contributed by atoms with Crippen LogP contribution in [0.1, 0.15) is 17.0 Å². The lowest BCUT2D eigenvalue weighted by Crippen LogP contribution is -2.22. The van der Waals surface area contributed by atoms with Gasteiger partial charge in [-0.05, 0) is 36.4 Å². The summed E-state index contributed by atoms with van der Waals surface area (Å²) in [5.41, 5.74) is 0.635. The Labute approximate surface area is 119 Å². The van der Waals surface area contributed by atoms with Crippen molar-refractivity contribution in [2.75, 3.05) is 6.61 Å². The van der Waals surface area contributed by atoms with Crippen molar-refractivity contribution in [2.24, 2.45) is 0 Å². The smallest absolute Gasteiger partial charge is 0.375 e. The van der Waals surface area contributed by atoms with Gasteiger partial charge in [0.05, 0.1) is 6.61 Å². The second kappa shape index (κ2) is 5.40. The van der Waals surface area contributed by atoms with Crippen molar-refractivity contribution in [3.8, 4) is 11.3 Å². The monoisotopic (exact) mass is 290 g/mol. The normalized spacial score (nSPS) is 17.6. The Hall–Kier alpha value is -2.63. The third-order valence-electron chi connectivity index (χ3n) is 3.07. The van der Waals surface area contributed by atoms with Gasteiger partial charge in [-0.2, -0.15) is 0 Å². The van der Waals surface area contributed by atoms with Crippen LogP contribution in [0, 0.1) is 5.82 Å². The summed E-state index contributed by atoms with van der Waals surface area (Å²) in [7, 11) is 0. The fourth-order valence-corrected chi connectivity index (χ4v) is 1.99. The van der Waals surface area contributed by atoms with Crippen molar-refractivity contribution in [1.29, 1.82) is 0 Å². The standard InChI is InChI=1S/C15H11FO5/c16-10-3-1-9(2-4-10)11-5-6-12(20-11)15(18)21-13-7-8-19-14(13)17/h1-6,13H,7-8H2/t13-/m1/s1.